The van der Waals surface area contributed by atoms with Gasteiger partial charge < -0.3 is 19.1 Å². The minimum Gasteiger partial charge on any atom is -0.466 e. The predicted octanol–water partition coefficient (Wildman–Crippen LogP) is 13.5. The number of nitrogens with zero attached hydrogens (tertiary/aromatic N) is 5. The van der Waals surface area contributed by atoms with Crippen LogP contribution < -0.4 is 9.64 Å². The second kappa shape index (κ2) is 22.2. The van der Waals surface area contributed by atoms with Gasteiger partial charge in [0, 0.05) is 53.2 Å². The van der Waals surface area contributed by atoms with Crippen LogP contribution in [0.25, 0.3) is 0 Å². The van der Waals surface area contributed by atoms with E-state index in [4.69, 9.17) is 14.2 Å². The summed E-state index contributed by atoms with van der Waals surface area (Å²) < 4.78 is 20.3. The fourth-order valence-electron chi connectivity index (χ4n) is 9.14. The summed E-state index contributed by atoms with van der Waals surface area (Å²) in [5.41, 5.74) is 9.23. The molecule has 4 aromatic carbocycles. The second-order valence-electron chi connectivity index (χ2n) is 18.5. The highest BCUT2D eigenvalue weighted by molar-refractivity contribution is 6.03. The molecule has 0 fully saturated rings. The Kier molecular flexibility index (Phi) is 16.0. The smallest absolute Gasteiger partial charge is 0.312 e. The number of nitro groups is 1. The summed E-state index contributed by atoms with van der Waals surface area (Å²) >= 11 is 0. The number of non-ortho nitro benzene ring substituents is 1. The highest BCUT2D eigenvalue weighted by Crippen LogP contribution is 2.48. The van der Waals surface area contributed by atoms with Crippen LogP contribution in [0.3, 0.4) is 0 Å². The summed E-state index contributed by atoms with van der Waals surface area (Å²) in [7, 11) is 0. The maximum Gasteiger partial charge on any atom is 0.312 e. The number of hydrogen-bond acceptors (Lipinski definition) is 10. The monoisotopic (exact) mass is 918 g/mol. The number of ether oxygens (including phenoxy) is 3. The fraction of sp³-hybridized carbons (Fsp3) is 0.375. The van der Waals surface area contributed by atoms with Gasteiger partial charge in [0.05, 0.1) is 41.3 Å². The quantitative estimate of drug-likeness (QED) is 0.0213. The lowest BCUT2D eigenvalue weighted by molar-refractivity contribution is -0.436. The van der Waals surface area contributed by atoms with Crippen molar-refractivity contribution in [3.8, 4) is 5.75 Å². The van der Waals surface area contributed by atoms with Gasteiger partial charge in [-0.3, -0.25) is 19.7 Å². The highest BCUT2D eigenvalue weighted by atomic mass is 16.6. The van der Waals surface area contributed by atoms with E-state index in [0.29, 0.717) is 43.4 Å². The number of fused-ring (bicyclic) bond motifs is 2. The molecule has 7 rings (SSSR count). The van der Waals surface area contributed by atoms with Crippen LogP contribution >= 0.6 is 0 Å². The van der Waals surface area contributed by atoms with Gasteiger partial charge in [-0.25, -0.2) is 0 Å². The Morgan fingerprint density at radius 1 is 0.750 bits per heavy atom. The number of azo groups is 1. The van der Waals surface area contributed by atoms with Crippen LogP contribution in [0.15, 0.2) is 154 Å². The Morgan fingerprint density at radius 2 is 1.37 bits per heavy atom. The van der Waals surface area contributed by atoms with Gasteiger partial charge in [0.1, 0.15) is 17.9 Å². The molecule has 2 heterocycles. The third-order valence-corrected chi connectivity index (χ3v) is 13.0. The predicted molar refractivity (Wildman–Crippen MR) is 268 cm³/mol. The van der Waals surface area contributed by atoms with Crippen LogP contribution in [0.2, 0.25) is 0 Å². The number of benzene rings is 4. The number of esters is 2. The molecule has 68 heavy (non-hydrogen) atoms. The van der Waals surface area contributed by atoms with Crippen molar-refractivity contribution >= 4 is 46.1 Å². The molecule has 4 aromatic rings. The van der Waals surface area contributed by atoms with Gasteiger partial charge in [-0.05, 0) is 117 Å². The molecular weight excluding hydrogens is 855 g/mol. The Bertz CT molecular complexity index is 2670. The van der Waals surface area contributed by atoms with E-state index in [0.717, 1.165) is 84.6 Å². The van der Waals surface area contributed by atoms with E-state index < -0.39 is 4.92 Å². The molecule has 1 aliphatic carbocycles. The molecule has 12 nitrogen and oxygen atoms in total. The van der Waals surface area contributed by atoms with Crippen molar-refractivity contribution in [3.63, 3.8) is 0 Å². The Balaban J connectivity index is 1.25. The first-order chi connectivity index (χ1) is 32.8. The largest absolute Gasteiger partial charge is 0.466 e. The first-order valence-electron chi connectivity index (χ1n) is 24.0. The molecule has 0 bridgehead atoms. The molecule has 0 saturated heterocycles. The molecule has 3 aliphatic rings. The number of carbonyl (C=O) groups is 2. The number of unbranched alkanes of at least 4 members (excludes halogenated alkanes) is 2. The number of nitro benzene ring substituents is 1. The van der Waals surface area contributed by atoms with Crippen molar-refractivity contribution in [2.24, 2.45) is 10.2 Å². The van der Waals surface area contributed by atoms with Crippen LogP contribution in [0.4, 0.5) is 28.4 Å². The lowest BCUT2D eigenvalue weighted by Gasteiger charge is -2.27. The van der Waals surface area contributed by atoms with E-state index >= 15 is 0 Å². The maximum absolute atomic E-state index is 12.9. The zero-order chi connectivity index (χ0) is 48.3. The molecular formula is C56H64N5O7+. The Labute approximate surface area is 400 Å². The minimum absolute atomic E-state index is 0.0110. The van der Waals surface area contributed by atoms with Crippen molar-refractivity contribution in [3.05, 3.63) is 165 Å². The number of anilines is 1. The molecule has 0 saturated carbocycles. The second-order valence-corrected chi connectivity index (χ2v) is 18.5. The van der Waals surface area contributed by atoms with E-state index in [1.54, 1.807) is 12.1 Å². The lowest BCUT2D eigenvalue weighted by Crippen LogP contribution is -2.28. The molecule has 12 heteroatoms. The SMILES string of the molecule is CCCCOC(=O)CCN1/C(=C\C=C2/CCCC(/C=C/C3=[N+](CCC(=O)OCCCC)c4ccccc4C3(C)C)=C2Oc2ccc(N=Nc3ccc([N+](=O)[O-])cc3)cc2)C(C)(C)c2ccccc21. The van der Waals surface area contributed by atoms with Gasteiger partial charge in [-0.1, -0.05) is 83.0 Å². The van der Waals surface area contributed by atoms with Crippen LogP contribution in [0, 0.1) is 10.1 Å². The van der Waals surface area contributed by atoms with Crippen LogP contribution in [-0.4, -0.2) is 53.5 Å². The van der Waals surface area contributed by atoms with Gasteiger partial charge in [-0.15, -0.1) is 0 Å². The number of allylic oxidation sites excluding steroid dienone is 7. The zero-order valence-corrected chi connectivity index (χ0v) is 40.3. The maximum atomic E-state index is 12.9. The summed E-state index contributed by atoms with van der Waals surface area (Å²) in [4.78, 5) is 38.7. The molecule has 0 unspecified atom stereocenters. The number of rotatable bonds is 20. The average Bonchev–Trinajstić information content (AvgIpc) is 3.69. The molecule has 354 valence electrons. The average molecular weight is 919 g/mol. The normalized spacial score (nSPS) is 17.4. The molecule has 0 spiro atoms. The number of hydrogen-bond donors (Lipinski definition) is 0. The van der Waals surface area contributed by atoms with E-state index in [2.05, 4.69) is 122 Å². The van der Waals surface area contributed by atoms with Gasteiger partial charge in [0.15, 0.2) is 12.3 Å². The molecule has 0 amide bonds. The van der Waals surface area contributed by atoms with Crippen molar-refractivity contribution in [1.82, 2.24) is 0 Å². The zero-order valence-electron chi connectivity index (χ0n) is 40.3. The number of para-hydroxylation sites is 2. The highest BCUT2D eigenvalue weighted by Gasteiger charge is 2.44. The molecule has 0 aromatic heterocycles. The van der Waals surface area contributed by atoms with Crippen LogP contribution in [0.1, 0.15) is 110 Å². The Morgan fingerprint density at radius 3 is 2.03 bits per heavy atom. The number of carbonyl (C=O) groups excluding carboxylic acids is 2. The van der Waals surface area contributed by atoms with Crippen molar-refractivity contribution < 1.29 is 33.3 Å². The van der Waals surface area contributed by atoms with E-state index in [-0.39, 0.29) is 41.3 Å². The standard InChI is InChI=1S/C56H64N5O7/c1-7-9-38-66-52(62)34-36-59-48-20-13-11-18-46(48)55(3,4)50(59)32-22-40-16-15-17-41(54(40)68-45-30-26-43(27-31-45)58-57-42-24-28-44(29-25-42)61(64)65)23-33-51-56(5,6)47-19-12-14-21-49(47)60(51)37-35-53(63)67-39-10-8-2/h11-14,18-33H,7-10,15-17,34-39H2,1-6H3/q+1. The van der Waals surface area contributed by atoms with Gasteiger partial charge >= 0.3 is 11.9 Å². The first-order valence-corrected chi connectivity index (χ1v) is 24.0. The van der Waals surface area contributed by atoms with Gasteiger partial charge in [0.25, 0.3) is 5.69 Å². The van der Waals surface area contributed by atoms with Crippen LogP contribution in [0.5, 0.6) is 5.75 Å². The first kappa shape index (κ1) is 49.0. The van der Waals surface area contributed by atoms with E-state index in [9.17, 15) is 19.7 Å². The lowest BCUT2D eigenvalue weighted by atomic mass is 9.81. The van der Waals surface area contributed by atoms with E-state index in [1.165, 1.54) is 23.3 Å². The molecule has 0 radical (unpaired) electrons. The topological polar surface area (TPSA) is 136 Å². The summed E-state index contributed by atoms with van der Waals surface area (Å²) in [6.07, 6.45) is 15.4. The molecule has 0 atom stereocenters. The summed E-state index contributed by atoms with van der Waals surface area (Å²) in [6.45, 7) is 14.9. The minimum atomic E-state index is -0.446. The molecule has 2 aliphatic heterocycles. The van der Waals surface area contributed by atoms with Gasteiger partial charge in [-0.2, -0.15) is 14.8 Å². The summed E-state index contributed by atoms with van der Waals surface area (Å²) in [5.74, 6) is 0.999. The van der Waals surface area contributed by atoms with Gasteiger partial charge in [0.2, 0.25) is 5.69 Å². The third kappa shape index (κ3) is 11.4. The van der Waals surface area contributed by atoms with E-state index in [1.807, 2.05) is 36.4 Å². The molecule has 0 N–H and O–H groups in total. The Hall–Kier alpha value is -6.95. The third-order valence-electron chi connectivity index (χ3n) is 13.0. The fourth-order valence-corrected chi connectivity index (χ4v) is 9.14. The summed E-state index contributed by atoms with van der Waals surface area (Å²) in [5, 5.41) is 19.8. The van der Waals surface area contributed by atoms with Crippen molar-refractivity contribution in [1.29, 1.82) is 0 Å². The van der Waals surface area contributed by atoms with Crippen LogP contribution in [-0.2, 0) is 29.9 Å². The van der Waals surface area contributed by atoms with Crippen molar-refractivity contribution in [2.75, 3.05) is 31.2 Å². The summed E-state index contributed by atoms with van der Waals surface area (Å²) in [6, 6.07) is 30.1. The van der Waals surface area contributed by atoms with Crippen molar-refractivity contribution in [2.45, 2.75) is 110 Å².